The van der Waals surface area contributed by atoms with Gasteiger partial charge in [-0.15, -0.1) is 0 Å². The average Bonchev–Trinajstić information content (AvgIpc) is 2.48. The van der Waals surface area contributed by atoms with Gasteiger partial charge < -0.3 is 9.47 Å². The predicted octanol–water partition coefficient (Wildman–Crippen LogP) is 3.68. The van der Waals surface area contributed by atoms with Gasteiger partial charge in [0.15, 0.2) is 0 Å². The van der Waals surface area contributed by atoms with E-state index < -0.39 is 0 Å². The first-order valence-electron chi connectivity index (χ1n) is 6.60. The second-order valence-corrected chi connectivity index (χ2v) is 4.43. The lowest BCUT2D eigenvalue weighted by Gasteiger charge is -2.06. The number of carbonyl (C=O) groups is 1. The van der Waals surface area contributed by atoms with Crippen LogP contribution in [-0.2, 0) is 16.1 Å². The first kappa shape index (κ1) is 14.3. The molecule has 0 aliphatic heterocycles. The number of methoxy groups -OCH3 is 1. The minimum Gasteiger partial charge on any atom is -0.462 e. The van der Waals surface area contributed by atoms with E-state index in [9.17, 15) is 4.79 Å². The van der Waals surface area contributed by atoms with E-state index in [1.807, 2.05) is 30.3 Å². The predicted molar refractivity (Wildman–Crippen MR) is 78.5 cm³/mol. The van der Waals surface area contributed by atoms with Gasteiger partial charge in [-0.2, -0.15) is 0 Å². The second kappa shape index (κ2) is 6.87. The second-order valence-electron chi connectivity index (χ2n) is 4.43. The zero-order valence-corrected chi connectivity index (χ0v) is 11.8. The Bertz CT molecular complexity index is 573. The molecule has 0 heterocycles. The van der Waals surface area contributed by atoms with Gasteiger partial charge >= 0.3 is 5.97 Å². The van der Waals surface area contributed by atoms with Crippen LogP contribution in [0.25, 0.3) is 11.1 Å². The smallest absolute Gasteiger partial charge is 0.338 e. The maximum absolute atomic E-state index is 11.6. The molecule has 0 bridgehead atoms. The van der Waals surface area contributed by atoms with Crippen molar-refractivity contribution < 1.29 is 14.3 Å². The molecule has 104 valence electrons. The first-order chi connectivity index (χ1) is 9.74. The fraction of sp³-hybridized carbons (Fsp3) is 0.235. The lowest BCUT2D eigenvalue weighted by atomic mass is 10.0. The molecule has 0 spiro atoms. The van der Waals surface area contributed by atoms with E-state index in [-0.39, 0.29) is 5.97 Å². The van der Waals surface area contributed by atoms with Gasteiger partial charge in [0.2, 0.25) is 0 Å². The minimum absolute atomic E-state index is 0.285. The molecule has 3 nitrogen and oxygen atoms in total. The lowest BCUT2D eigenvalue weighted by molar-refractivity contribution is 0.0526. The summed E-state index contributed by atoms with van der Waals surface area (Å²) in [4.78, 5) is 11.6. The monoisotopic (exact) mass is 270 g/mol. The summed E-state index contributed by atoms with van der Waals surface area (Å²) in [5.41, 5.74) is 3.87. The number of benzene rings is 2. The zero-order chi connectivity index (χ0) is 14.4. The van der Waals surface area contributed by atoms with Crippen LogP contribution >= 0.6 is 0 Å². The summed E-state index contributed by atoms with van der Waals surface area (Å²) >= 11 is 0. The number of ether oxygens (including phenoxy) is 2. The Hall–Kier alpha value is -2.13. The zero-order valence-electron chi connectivity index (χ0n) is 11.8. The first-order valence-corrected chi connectivity index (χ1v) is 6.60. The third-order valence-electron chi connectivity index (χ3n) is 2.97. The van der Waals surface area contributed by atoms with Gasteiger partial charge in [0, 0.05) is 7.11 Å². The lowest BCUT2D eigenvalue weighted by Crippen LogP contribution is -2.03. The van der Waals surface area contributed by atoms with Crippen molar-refractivity contribution in [3.8, 4) is 11.1 Å². The minimum atomic E-state index is -0.285. The van der Waals surface area contributed by atoms with Gasteiger partial charge in [-0.3, -0.25) is 0 Å². The van der Waals surface area contributed by atoms with E-state index in [0.717, 1.165) is 16.7 Å². The molecule has 0 saturated heterocycles. The summed E-state index contributed by atoms with van der Waals surface area (Å²) in [5, 5.41) is 0. The van der Waals surface area contributed by atoms with Gasteiger partial charge in [0.1, 0.15) is 0 Å². The maximum Gasteiger partial charge on any atom is 0.338 e. The van der Waals surface area contributed by atoms with Crippen molar-refractivity contribution in [2.24, 2.45) is 0 Å². The summed E-state index contributed by atoms with van der Waals surface area (Å²) in [7, 11) is 1.68. The van der Waals surface area contributed by atoms with Gasteiger partial charge in [0.05, 0.1) is 18.8 Å². The van der Waals surface area contributed by atoms with Crippen LogP contribution in [0.15, 0.2) is 48.5 Å². The largest absolute Gasteiger partial charge is 0.462 e. The normalized spacial score (nSPS) is 10.3. The summed E-state index contributed by atoms with van der Waals surface area (Å²) in [5.74, 6) is -0.285. The van der Waals surface area contributed by atoms with Crippen LogP contribution in [-0.4, -0.2) is 19.7 Å². The molecule has 0 amide bonds. The molecule has 0 aliphatic rings. The molecule has 2 aromatic carbocycles. The van der Waals surface area contributed by atoms with Gasteiger partial charge in [-0.25, -0.2) is 4.79 Å². The van der Waals surface area contributed by atoms with Crippen molar-refractivity contribution in [3.63, 3.8) is 0 Å². The Morgan fingerprint density at radius 3 is 2.45 bits per heavy atom. The molecule has 0 aliphatic carbocycles. The number of hydrogen-bond donors (Lipinski definition) is 0. The van der Waals surface area contributed by atoms with Gasteiger partial charge in [-0.05, 0) is 41.8 Å². The number of carbonyl (C=O) groups excluding carboxylic acids is 1. The SMILES string of the molecule is CCOC(=O)c1ccc(-c2cccc(COC)c2)cc1. The van der Waals surface area contributed by atoms with Crippen LogP contribution < -0.4 is 0 Å². The highest BCUT2D eigenvalue weighted by Crippen LogP contribution is 2.21. The third-order valence-corrected chi connectivity index (χ3v) is 2.97. The highest BCUT2D eigenvalue weighted by molar-refractivity contribution is 5.90. The number of hydrogen-bond acceptors (Lipinski definition) is 3. The standard InChI is InChI=1S/C17H18O3/c1-3-20-17(18)15-9-7-14(8-10-15)16-6-4-5-13(11-16)12-19-2/h4-11H,3,12H2,1-2H3. The van der Waals surface area contributed by atoms with Crippen molar-refractivity contribution >= 4 is 5.97 Å². The molecule has 2 aromatic rings. The van der Waals surface area contributed by atoms with Crippen molar-refractivity contribution in [2.45, 2.75) is 13.5 Å². The van der Waals surface area contributed by atoms with E-state index in [1.54, 1.807) is 26.2 Å². The van der Waals surface area contributed by atoms with E-state index in [1.165, 1.54) is 0 Å². The number of rotatable bonds is 5. The highest BCUT2D eigenvalue weighted by Gasteiger charge is 2.06. The Balaban J connectivity index is 2.21. The van der Waals surface area contributed by atoms with Crippen LogP contribution in [0.2, 0.25) is 0 Å². The van der Waals surface area contributed by atoms with Crippen molar-refractivity contribution in [1.29, 1.82) is 0 Å². The molecule has 0 N–H and O–H groups in total. The van der Waals surface area contributed by atoms with E-state index >= 15 is 0 Å². The Labute approximate surface area is 119 Å². The van der Waals surface area contributed by atoms with Crippen molar-refractivity contribution in [3.05, 3.63) is 59.7 Å². The fourth-order valence-corrected chi connectivity index (χ4v) is 2.02. The Morgan fingerprint density at radius 2 is 1.80 bits per heavy atom. The van der Waals surface area contributed by atoms with E-state index in [2.05, 4.69) is 6.07 Å². The van der Waals surface area contributed by atoms with Crippen LogP contribution in [0, 0.1) is 0 Å². The summed E-state index contributed by atoms with van der Waals surface area (Å²) < 4.78 is 10.1. The Morgan fingerprint density at radius 1 is 1.05 bits per heavy atom. The van der Waals surface area contributed by atoms with Crippen molar-refractivity contribution in [1.82, 2.24) is 0 Å². The molecular weight excluding hydrogens is 252 g/mol. The molecular formula is C17H18O3. The topological polar surface area (TPSA) is 35.5 Å². The van der Waals surface area contributed by atoms with Gasteiger partial charge in [-0.1, -0.05) is 30.3 Å². The fourth-order valence-electron chi connectivity index (χ4n) is 2.02. The molecule has 0 radical (unpaired) electrons. The highest BCUT2D eigenvalue weighted by atomic mass is 16.5. The molecule has 0 saturated carbocycles. The molecule has 2 rings (SSSR count). The summed E-state index contributed by atoms with van der Waals surface area (Å²) in [6.45, 7) is 2.78. The quantitative estimate of drug-likeness (QED) is 0.777. The average molecular weight is 270 g/mol. The van der Waals surface area contributed by atoms with Crippen LogP contribution in [0.4, 0.5) is 0 Å². The van der Waals surface area contributed by atoms with Crippen LogP contribution in [0.3, 0.4) is 0 Å². The maximum atomic E-state index is 11.6. The third kappa shape index (κ3) is 3.45. The molecule has 0 atom stereocenters. The molecule has 3 heteroatoms. The van der Waals surface area contributed by atoms with E-state index in [4.69, 9.17) is 9.47 Å². The Kier molecular flexibility index (Phi) is 4.91. The van der Waals surface area contributed by atoms with Crippen molar-refractivity contribution in [2.75, 3.05) is 13.7 Å². The van der Waals surface area contributed by atoms with Gasteiger partial charge in [0.25, 0.3) is 0 Å². The summed E-state index contributed by atoms with van der Waals surface area (Å²) in [6, 6.07) is 15.6. The molecule has 20 heavy (non-hydrogen) atoms. The van der Waals surface area contributed by atoms with E-state index in [0.29, 0.717) is 18.8 Å². The molecule has 0 aromatic heterocycles. The molecule has 0 fully saturated rings. The molecule has 0 unspecified atom stereocenters. The van der Waals surface area contributed by atoms with Crippen LogP contribution in [0.5, 0.6) is 0 Å². The number of esters is 1. The summed E-state index contributed by atoms with van der Waals surface area (Å²) in [6.07, 6.45) is 0. The van der Waals surface area contributed by atoms with Crippen LogP contribution in [0.1, 0.15) is 22.8 Å².